The molecule has 0 fully saturated rings. The molecule has 8 radical (unpaired) electrons. The summed E-state index contributed by atoms with van der Waals surface area (Å²) in [4.78, 5) is 0. The molecule has 0 saturated heterocycles. The van der Waals surface area contributed by atoms with Crippen LogP contribution in [0.4, 0.5) is 0 Å². The summed E-state index contributed by atoms with van der Waals surface area (Å²) in [5.74, 6) is 0. The predicted molar refractivity (Wildman–Crippen MR) is 16.6 cm³/mol. The number of hydrogen-bond acceptors (Lipinski definition) is 0. The number of hydrogen-bond donors (Lipinski definition) is 0. The van der Waals surface area contributed by atoms with Gasteiger partial charge in [0.2, 0.25) is 0 Å². The molecule has 0 unspecified atom stereocenters. The molecule has 0 saturated carbocycles. The Kier molecular flexibility index (Phi) is 365. The normalized spacial score (nSPS) is 0. The third-order valence-electron chi connectivity index (χ3n) is 0. The van der Waals surface area contributed by atoms with E-state index in [0.717, 1.165) is 0 Å². The summed E-state index contributed by atoms with van der Waals surface area (Å²) in [5.41, 5.74) is 0. The molecule has 0 aromatic heterocycles. The minimum Gasteiger partial charge on any atom is 0 e. The summed E-state index contributed by atoms with van der Waals surface area (Å²) in [6.45, 7) is 0. The van der Waals surface area contributed by atoms with E-state index in [0.29, 0.717) is 0 Å². The van der Waals surface area contributed by atoms with Crippen LogP contribution in [0.3, 0.4) is 0 Å². The van der Waals surface area contributed by atoms with Crippen LogP contribution >= 0.6 is 23.4 Å². The molecule has 0 atom stereocenters. The van der Waals surface area contributed by atoms with Gasteiger partial charge in [-0.3, -0.25) is 0 Å². The number of nitrogens with zero attached hydrogens (tertiary/aromatic N) is 1. The van der Waals surface area contributed by atoms with Gasteiger partial charge < -0.3 is 0 Å². The van der Waals surface area contributed by atoms with Crippen LogP contribution in [-0.4, -0.2) is 0 Å². The molecule has 0 aromatic carbocycles. The quantitative estimate of drug-likeness (QED) is 0.357. The van der Waals surface area contributed by atoms with Crippen molar-refractivity contribution in [3.63, 3.8) is 0 Å². The minimum atomic E-state index is 0. The molecule has 0 aliphatic carbocycles. The number of rotatable bonds is 0. The molecule has 0 spiro atoms. The molecule has 0 aliphatic rings. The van der Waals surface area contributed by atoms with Crippen LogP contribution in [0, 0.1) is 0 Å². The molecule has 4 heavy (non-hydrogen) atoms. The molecule has 0 aliphatic heterocycles. The zero-order valence-corrected chi connectivity index (χ0v) is 6.69. The molecule has 0 amide bonds. The van der Waals surface area contributed by atoms with Gasteiger partial charge in [0.15, 0.2) is 0 Å². The molecule has 0 heterocycles. The van der Waals surface area contributed by atoms with E-state index < -0.39 is 0 Å². The Morgan fingerprint density at radius 3 is 1.00 bits per heavy atom. The van der Waals surface area contributed by atoms with E-state index in [1.165, 1.54) is 0 Å². The third kappa shape index (κ3) is 10.1. The van der Waals surface area contributed by atoms with Gasteiger partial charge in [-0.15, -0.1) is 0 Å². The summed E-state index contributed by atoms with van der Waals surface area (Å²) in [6, 6.07) is 0. The summed E-state index contributed by atoms with van der Waals surface area (Å²) >= 11 is 0. The second kappa shape index (κ2) is 26.6. The first-order valence-electron chi connectivity index (χ1n) is 0. The maximum absolute atomic E-state index is 0. The molecule has 4 heteroatoms. The Hall–Kier alpha value is 1.36. The second-order valence-corrected chi connectivity index (χ2v) is 0. The van der Waals surface area contributed by atoms with Crippen molar-refractivity contribution in [2.45, 2.75) is 0 Å². The summed E-state index contributed by atoms with van der Waals surface area (Å²) < 4.78 is 0. The summed E-state index contributed by atoms with van der Waals surface area (Å²) in [6.07, 6.45) is 0. The zero-order valence-electron chi connectivity index (χ0n) is 2.01. The first-order valence-corrected chi connectivity index (χ1v) is 0. The summed E-state index contributed by atoms with van der Waals surface area (Å²) in [5, 5.41) is 0. The van der Waals surface area contributed by atoms with Gasteiger partial charge in [0.25, 0.3) is 0 Å². The van der Waals surface area contributed by atoms with Crippen LogP contribution in [-0.2, 0) is 19.5 Å². The van der Waals surface area contributed by atoms with Crippen molar-refractivity contribution in [1.29, 1.82) is 0 Å². The van der Waals surface area contributed by atoms with E-state index in [2.05, 4.69) is 0 Å². The van der Waals surface area contributed by atoms with Crippen LogP contribution in [0.15, 0.2) is 0 Å². The Labute approximate surface area is 49.3 Å². The van der Waals surface area contributed by atoms with Gasteiger partial charge in [-0.25, -0.2) is 0 Å². The second-order valence-electron chi connectivity index (χ2n) is 0. The standard InChI is InChI=1S/N.P.S.Zn. The molecule has 0 rings (SSSR count). The van der Waals surface area contributed by atoms with Crippen molar-refractivity contribution in [3.05, 3.63) is 0 Å². The minimum absolute atomic E-state index is 0. The van der Waals surface area contributed by atoms with E-state index in [4.69, 9.17) is 0 Å². The molecule has 0 aromatic rings. The first-order chi connectivity index (χ1) is 0. The molecule has 0 bridgehead atoms. The summed E-state index contributed by atoms with van der Waals surface area (Å²) in [7, 11) is 0. The van der Waals surface area contributed by atoms with Crippen molar-refractivity contribution in [2.24, 2.45) is 0 Å². The topological polar surface area (TPSA) is 30.5 Å². The Bertz CT molecular complexity index is 8.00. The van der Waals surface area contributed by atoms with Crippen molar-refractivity contribution < 1.29 is 19.5 Å². The average molecular weight is 142 g/mol. The van der Waals surface area contributed by atoms with Gasteiger partial charge in [0, 0.05) is 49.0 Å². The van der Waals surface area contributed by atoms with E-state index in [1.807, 2.05) is 0 Å². The van der Waals surface area contributed by atoms with Crippen LogP contribution < -0.4 is 6.15 Å². The zero-order chi connectivity index (χ0) is 0. The van der Waals surface area contributed by atoms with Crippen LogP contribution in [0.5, 0.6) is 0 Å². The van der Waals surface area contributed by atoms with Gasteiger partial charge in [-0.1, -0.05) is 0 Å². The van der Waals surface area contributed by atoms with Gasteiger partial charge in [0.05, 0.1) is 0 Å². The van der Waals surface area contributed by atoms with Crippen LogP contribution in [0.1, 0.15) is 0 Å². The first kappa shape index (κ1) is 54.9. The van der Waals surface area contributed by atoms with E-state index in [1.54, 1.807) is 0 Å². The van der Waals surface area contributed by atoms with Gasteiger partial charge >= 0.3 is 0 Å². The molecular formula is NPSZn. The van der Waals surface area contributed by atoms with Gasteiger partial charge in [0.1, 0.15) is 0 Å². The van der Waals surface area contributed by atoms with Gasteiger partial charge in [-0.2, -0.15) is 0 Å². The predicted octanol–water partition coefficient (Wildman–Crippen LogP) is 1.03. The molecule has 1 nitrogen and oxygen atoms in total. The fraction of sp³-hybridized carbons (Fsp3) is 0. The van der Waals surface area contributed by atoms with Crippen molar-refractivity contribution in [1.82, 2.24) is 6.15 Å². The molecule has 18 valence electrons. The van der Waals surface area contributed by atoms with E-state index in [-0.39, 0.29) is 49.0 Å². The SMILES string of the molecule is [N].[P].[S].[Zn]. The maximum atomic E-state index is 0. The van der Waals surface area contributed by atoms with E-state index in [9.17, 15) is 0 Å². The fourth-order valence-electron chi connectivity index (χ4n) is 0. The Morgan fingerprint density at radius 2 is 1.00 bits per heavy atom. The molecule has 0 N–H and O–H groups in total. The van der Waals surface area contributed by atoms with Crippen molar-refractivity contribution in [2.75, 3.05) is 0 Å². The Balaban J connectivity index is 0. The van der Waals surface area contributed by atoms with Gasteiger partial charge in [-0.05, 0) is 0 Å². The Morgan fingerprint density at radius 1 is 1.00 bits per heavy atom. The monoisotopic (exact) mass is 141 g/mol. The molecular weight excluding hydrogens is 142 g/mol. The largest absolute Gasteiger partial charge is 0 e. The smallest absolute Gasteiger partial charge is 0 e. The third-order valence-corrected chi connectivity index (χ3v) is 0. The average Bonchev–Trinajstić information content (AvgIpc) is 0. The van der Waals surface area contributed by atoms with Crippen LogP contribution in [0.25, 0.3) is 0 Å². The van der Waals surface area contributed by atoms with Crippen molar-refractivity contribution in [3.8, 4) is 0 Å². The van der Waals surface area contributed by atoms with Crippen molar-refractivity contribution >= 4 is 23.4 Å². The fourth-order valence-corrected chi connectivity index (χ4v) is 0. The van der Waals surface area contributed by atoms with E-state index >= 15 is 0 Å². The maximum Gasteiger partial charge on any atom is 0 e. The van der Waals surface area contributed by atoms with Crippen LogP contribution in [0.2, 0.25) is 0 Å².